The Bertz CT molecular complexity index is 914. The predicted molar refractivity (Wildman–Crippen MR) is 135 cm³/mol. The molecule has 0 aromatic heterocycles. The van der Waals surface area contributed by atoms with E-state index in [0.29, 0.717) is 32.4 Å². The molecule has 0 bridgehead atoms. The van der Waals surface area contributed by atoms with Crippen LogP contribution in [0.4, 0.5) is 0 Å². The molecule has 0 amide bonds. The molecule has 0 saturated carbocycles. The first kappa shape index (κ1) is 28.0. The molecule has 0 aliphatic carbocycles. The molecular formula is C25H43NO5SSi. The van der Waals surface area contributed by atoms with Crippen molar-refractivity contribution in [3.63, 3.8) is 0 Å². The zero-order valence-electron chi connectivity index (χ0n) is 21.9. The van der Waals surface area contributed by atoms with E-state index in [1.807, 2.05) is 27.7 Å². The van der Waals surface area contributed by atoms with E-state index in [1.165, 1.54) is 4.31 Å². The lowest BCUT2D eigenvalue weighted by Gasteiger charge is -2.36. The summed E-state index contributed by atoms with van der Waals surface area (Å²) < 4.78 is 40.4. The van der Waals surface area contributed by atoms with Gasteiger partial charge in [-0.2, -0.15) is 4.31 Å². The van der Waals surface area contributed by atoms with Crippen LogP contribution in [-0.4, -0.2) is 51.8 Å². The molecule has 1 aromatic carbocycles. The fourth-order valence-corrected chi connectivity index (χ4v) is 6.60. The van der Waals surface area contributed by atoms with Crippen LogP contribution in [0.25, 0.3) is 0 Å². The zero-order chi connectivity index (χ0) is 25.2. The van der Waals surface area contributed by atoms with E-state index in [2.05, 4.69) is 33.9 Å². The fraction of sp³-hybridized carbons (Fsp3) is 0.720. The molecule has 6 nitrogen and oxygen atoms in total. The highest BCUT2D eigenvalue weighted by molar-refractivity contribution is 7.89. The molecule has 1 saturated heterocycles. The van der Waals surface area contributed by atoms with Gasteiger partial charge in [0.25, 0.3) is 0 Å². The van der Waals surface area contributed by atoms with Gasteiger partial charge in [-0.05, 0) is 77.2 Å². The van der Waals surface area contributed by atoms with Crippen molar-refractivity contribution in [1.29, 1.82) is 0 Å². The van der Waals surface area contributed by atoms with Crippen LogP contribution in [0.2, 0.25) is 18.1 Å². The number of hydrogen-bond donors (Lipinski definition) is 0. The smallest absolute Gasteiger partial charge is 0.311 e. The Kier molecular flexibility index (Phi) is 8.64. The highest BCUT2D eigenvalue weighted by Gasteiger charge is 2.46. The third kappa shape index (κ3) is 7.13. The molecule has 1 heterocycles. The van der Waals surface area contributed by atoms with Crippen LogP contribution in [0.1, 0.15) is 66.4 Å². The van der Waals surface area contributed by atoms with Crippen molar-refractivity contribution in [2.45, 2.75) is 102 Å². The molecule has 0 N–H and O–H groups in total. The average Bonchev–Trinajstić information content (AvgIpc) is 3.08. The molecule has 1 aliphatic rings. The normalized spacial score (nSPS) is 20.8. The van der Waals surface area contributed by atoms with Gasteiger partial charge in [0, 0.05) is 19.2 Å². The van der Waals surface area contributed by atoms with E-state index in [0.717, 1.165) is 5.56 Å². The van der Waals surface area contributed by atoms with Gasteiger partial charge in [-0.3, -0.25) is 4.79 Å². The summed E-state index contributed by atoms with van der Waals surface area (Å²) in [5.74, 6) is -0.795. The summed E-state index contributed by atoms with van der Waals surface area (Å²) in [5, 5.41) is 0.111. The van der Waals surface area contributed by atoms with E-state index in [1.54, 1.807) is 24.3 Å². The third-order valence-electron chi connectivity index (χ3n) is 6.75. The summed E-state index contributed by atoms with van der Waals surface area (Å²) in [5.41, 5.74) is 0.386. The molecule has 0 unspecified atom stereocenters. The minimum absolute atomic E-state index is 0.111. The Morgan fingerprint density at radius 2 is 1.67 bits per heavy atom. The predicted octanol–water partition coefficient (Wildman–Crippen LogP) is 5.52. The molecule has 33 heavy (non-hydrogen) atoms. The van der Waals surface area contributed by atoms with E-state index in [4.69, 9.17) is 9.16 Å². The van der Waals surface area contributed by atoms with Gasteiger partial charge in [-0.25, -0.2) is 8.42 Å². The Morgan fingerprint density at radius 3 is 2.18 bits per heavy atom. The van der Waals surface area contributed by atoms with Crippen LogP contribution in [0.3, 0.4) is 0 Å². The summed E-state index contributed by atoms with van der Waals surface area (Å²) >= 11 is 0. The maximum absolute atomic E-state index is 13.5. The lowest BCUT2D eigenvalue weighted by Crippen LogP contribution is -2.42. The minimum atomic E-state index is -3.71. The van der Waals surface area contributed by atoms with Gasteiger partial charge in [-0.1, -0.05) is 38.5 Å². The number of ether oxygens (including phenoxy) is 1. The van der Waals surface area contributed by atoms with Gasteiger partial charge in [0.1, 0.15) is 5.60 Å². The maximum Gasteiger partial charge on any atom is 0.311 e. The number of sulfonamides is 1. The Balaban J connectivity index is 2.22. The van der Waals surface area contributed by atoms with Crippen molar-refractivity contribution >= 4 is 24.3 Å². The average molecular weight is 498 g/mol. The van der Waals surface area contributed by atoms with Gasteiger partial charge in [0.15, 0.2) is 8.32 Å². The Labute approximate surface area is 202 Å². The molecule has 1 aromatic rings. The molecule has 188 valence electrons. The highest BCUT2D eigenvalue weighted by atomic mass is 32.2. The van der Waals surface area contributed by atoms with E-state index >= 15 is 0 Å². The van der Waals surface area contributed by atoms with Crippen LogP contribution >= 0.6 is 0 Å². The summed E-state index contributed by atoms with van der Waals surface area (Å²) in [6, 6.07) is 6.45. The highest BCUT2D eigenvalue weighted by Crippen LogP contribution is 2.38. The standard InChI is InChI=1S/C25H43NO5SSi/c1-19-12-14-20(15-13-19)32(28,29)26-17-16-21(23(27)31-24(2,3)4)22(26)11-10-18-30-33(8,9)25(5,6)7/h12-15,21-22H,10-11,16-18H2,1-9H3/t21-,22-/m0/s1. The maximum atomic E-state index is 13.5. The number of nitrogens with zero attached hydrogens (tertiary/aromatic N) is 1. The molecular weight excluding hydrogens is 454 g/mol. The van der Waals surface area contributed by atoms with Gasteiger partial charge in [0.2, 0.25) is 10.0 Å². The third-order valence-corrected chi connectivity index (χ3v) is 13.2. The van der Waals surface area contributed by atoms with Crippen molar-refractivity contribution in [2.75, 3.05) is 13.2 Å². The van der Waals surface area contributed by atoms with Crippen LogP contribution in [0, 0.1) is 12.8 Å². The van der Waals surface area contributed by atoms with Gasteiger partial charge in [0.05, 0.1) is 10.8 Å². The molecule has 2 rings (SSSR count). The van der Waals surface area contributed by atoms with Crippen molar-refractivity contribution in [1.82, 2.24) is 4.31 Å². The van der Waals surface area contributed by atoms with Gasteiger partial charge < -0.3 is 9.16 Å². The lowest BCUT2D eigenvalue weighted by atomic mass is 9.96. The molecule has 1 fully saturated rings. The first-order chi connectivity index (χ1) is 15.0. The van der Waals surface area contributed by atoms with Crippen LogP contribution in [-0.2, 0) is 24.0 Å². The number of rotatable bonds is 8. The monoisotopic (exact) mass is 497 g/mol. The molecule has 8 heteroatoms. The van der Waals surface area contributed by atoms with Crippen LogP contribution in [0.15, 0.2) is 29.2 Å². The number of carbonyl (C=O) groups is 1. The molecule has 1 aliphatic heterocycles. The summed E-state index contributed by atoms with van der Waals surface area (Å²) in [4.78, 5) is 13.2. The number of hydrogen-bond acceptors (Lipinski definition) is 5. The largest absolute Gasteiger partial charge is 0.460 e. The van der Waals surface area contributed by atoms with Crippen molar-refractivity contribution in [3.8, 4) is 0 Å². The lowest BCUT2D eigenvalue weighted by molar-refractivity contribution is -0.160. The van der Waals surface area contributed by atoms with Crippen molar-refractivity contribution < 1.29 is 22.4 Å². The van der Waals surface area contributed by atoms with Crippen LogP contribution in [0.5, 0.6) is 0 Å². The molecule has 2 atom stereocenters. The first-order valence-electron chi connectivity index (χ1n) is 11.9. The second-order valence-electron chi connectivity index (χ2n) is 11.7. The minimum Gasteiger partial charge on any atom is -0.460 e. The van der Waals surface area contributed by atoms with Gasteiger partial charge in [-0.15, -0.1) is 0 Å². The van der Waals surface area contributed by atoms with Crippen molar-refractivity contribution in [2.24, 2.45) is 5.92 Å². The Hall–Kier alpha value is -1.22. The first-order valence-corrected chi connectivity index (χ1v) is 16.3. The summed E-state index contributed by atoms with van der Waals surface area (Å²) in [6.07, 6.45) is 1.72. The number of aryl methyl sites for hydroxylation is 1. The SMILES string of the molecule is Cc1ccc(S(=O)(=O)N2CC[C@H](C(=O)OC(C)(C)C)[C@@H]2CCCO[Si](C)(C)C(C)(C)C)cc1. The Morgan fingerprint density at radius 1 is 1.09 bits per heavy atom. The zero-order valence-corrected chi connectivity index (χ0v) is 23.7. The molecule has 0 radical (unpaired) electrons. The molecule has 0 spiro atoms. The van der Waals surface area contributed by atoms with Crippen LogP contribution < -0.4 is 0 Å². The number of carbonyl (C=O) groups excluding carboxylic acids is 1. The van der Waals surface area contributed by atoms with E-state index < -0.39 is 35.9 Å². The number of esters is 1. The van der Waals surface area contributed by atoms with E-state index in [9.17, 15) is 13.2 Å². The van der Waals surface area contributed by atoms with E-state index in [-0.39, 0.29) is 15.9 Å². The summed E-state index contributed by atoms with van der Waals surface area (Å²) in [7, 11) is -5.60. The number of benzene rings is 1. The van der Waals surface area contributed by atoms with Crippen molar-refractivity contribution in [3.05, 3.63) is 29.8 Å². The topological polar surface area (TPSA) is 72.9 Å². The van der Waals surface area contributed by atoms with Gasteiger partial charge >= 0.3 is 5.97 Å². The second kappa shape index (κ2) is 10.2. The quantitative estimate of drug-likeness (QED) is 0.269. The summed E-state index contributed by atoms with van der Waals surface area (Å²) in [6.45, 7) is 19.3. The second-order valence-corrected chi connectivity index (χ2v) is 18.4. The fourth-order valence-electron chi connectivity index (χ4n) is 3.80.